The smallest absolute Gasteiger partial charge is 0.251 e. The Morgan fingerprint density at radius 2 is 2.10 bits per heavy atom. The molecule has 0 saturated carbocycles. The molecule has 3 nitrogen and oxygen atoms in total. The Morgan fingerprint density at radius 3 is 2.40 bits per heavy atom. The molecule has 0 aromatic carbocycles. The first-order valence-electron chi connectivity index (χ1n) is 3.17. The Labute approximate surface area is 59.3 Å². The number of nitrogens with one attached hydrogen (secondary N) is 1. The fourth-order valence-electron chi connectivity index (χ4n) is 0.433. The van der Waals surface area contributed by atoms with Crippen LogP contribution in [0.4, 0.5) is 0 Å². The lowest BCUT2D eigenvalue weighted by atomic mass is 10.5. The molecule has 0 unspecified atom stereocenters. The van der Waals surface area contributed by atoms with Crippen molar-refractivity contribution in [2.45, 2.75) is 13.8 Å². The van der Waals surface area contributed by atoms with Crippen LogP contribution >= 0.6 is 0 Å². The summed E-state index contributed by atoms with van der Waals surface area (Å²) in [7, 11) is 0. The average molecular weight is 141 g/mol. The van der Waals surface area contributed by atoms with Gasteiger partial charge in [-0.15, -0.1) is 0 Å². The second-order valence-corrected chi connectivity index (χ2v) is 1.41. The van der Waals surface area contributed by atoms with E-state index in [9.17, 15) is 4.79 Å². The molecule has 56 valence electrons. The van der Waals surface area contributed by atoms with Gasteiger partial charge < -0.3 is 10.1 Å². The van der Waals surface area contributed by atoms with Crippen molar-refractivity contribution in [1.82, 2.24) is 4.98 Å². The van der Waals surface area contributed by atoms with Crippen LogP contribution in [0.1, 0.15) is 13.8 Å². The van der Waals surface area contributed by atoms with E-state index in [0.717, 1.165) is 6.07 Å². The van der Waals surface area contributed by atoms with Gasteiger partial charge in [-0.1, -0.05) is 13.8 Å². The van der Waals surface area contributed by atoms with Crippen LogP contribution in [-0.4, -0.2) is 10.1 Å². The highest BCUT2D eigenvalue weighted by atomic mass is 16.3. The zero-order valence-corrected chi connectivity index (χ0v) is 6.09. The van der Waals surface area contributed by atoms with Gasteiger partial charge in [0.15, 0.2) is 0 Å². The maximum Gasteiger partial charge on any atom is 0.251 e. The minimum absolute atomic E-state index is 0.00579. The zero-order chi connectivity index (χ0) is 7.98. The topological polar surface area (TPSA) is 53.1 Å². The van der Waals surface area contributed by atoms with Crippen molar-refractivity contribution in [2.75, 3.05) is 0 Å². The molecule has 0 aliphatic carbocycles. The molecule has 0 aliphatic rings. The van der Waals surface area contributed by atoms with Crippen molar-refractivity contribution in [2.24, 2.45) is 0 Å². The maximum atomic E-state index is 10.3. The fourth-order valence-corrected chi connectivity index (χ4v) is 0.433. The number of rotatable bonds is 0. The van der Waals surface area contributed by atoms with Crippen LogP contribution in [0.15, 0.2) is 23.1 Å². The Kier molecular flexibility index (Phi) is 4.04. The molecule has 1 rings (SSSR count). The van der Waals surface area contributed by atoms with Gasteiger partial charge in [0.25, 0.3) is 5.56 Å². The van der Waals surface area contributed by atoms with Gasteiger partial charge in [-0.2, -0.15) is 0 Å². The fraction of sp³-hybridized carbons (Fsp3) is 0.286. The molecule has 0 atom stereocenters. The number of hydrogen-bond acceptors (Lipinski definition) is 2. The van der Waals surface area contributed by atoms with Crippen molar-refractivity contribution in [3.63, 3.8) is 0 Å². The first kappa shape index (κ1) is 8.75. The molecule has 1 aromatic heterocycles. The minimum Gasteiger partial charge on any atom is -0.508 e. The number of hydrogen-bond donors (Lipinski definition) is 2. The molecular weight excluding hydrogens is 130 g/mol. The second kappa shape index (κ2) is 4.61. The van der Waals surface area contributed by atoms with Crippen LogP contribution in [0.3, 0.4) is 0 Å². The highest BCUT2D eigenvalue weighted by Crippen LogP contribution is 1.97. The Morgan fingerprint density at radius 1 is 1.50 bits per heavy atom. The first-order chi connectivity index (χ1) is 4.79. The summed E-state index contributed by atoms with van der Waals surface area (Å²) in [6.45, 7) is 4.00. The lowest BCUT2D eigenvalue weighted by molar-refractivity contribution is 0.473. The van der Waals surface area contributed by atoms with Gasteiger partial charge in [-0.3, -0.25) is 4.79 Å². The average Bonchev–Trinajstić information content (AvgIpc) is 1.91. The van der Waals surface area contributed by atoms with Gasteiger partial charge in [0, 0.05) is 12.3 Å². The molecule has 10 heavy (non-hydrogen) atoms. The lowest BCUT2D eigenvalue weighted by Gasteiger charge is -1.83. The molecule has 0 aliphatic heterocycles. The SMILES string of the molecule is CC.O=c1cc(O)cc[nH]1. The molecule has 2 N–H and O–H groups in total. The number of aromatic amines is 1. The molecule has 0 fully saturated rings. The monoisotopic (exact) mass is 141 g/mol. The van der Waals surface area contributed by atoms with Crippen molar-refractivity contribution in [3.05, 3.63) is 28.7 Å². The van der Waals surface area contributed by atoms with Crippen LogP contribution in [0, 0.1) is 0 Å². The number of H-pyrrole nitrogens is 1. The summed E-state index contributed by atoms with van der Waals surface area (Å²) in [5.74, 6) is -0.00579. The number of aromatic hydroxyl groups is 1. The van der Waals surface area contributed by atoms with E-state index in [2.05, 4.69) is 4.98 Å². The summed E-state index contributed by atoms with van der Waals surface area (Å²) in [5, 5.41) is 8.59. The molecular formula is C7H11NO2. The number of pyridine rings is 1. The van der Waals surface area contributed by atoms with E-state index in [-0.39, 0.29) is 11.3 Å². The number of aromatic nitrogens is 1. The van der Waals surface area contributed by atoms with E-state index in [0.29, 0.717) is 0 Å². The van der Waals surface area contributed by atoms with E-state index in [1.165, 1.54) is 12.3 Å². The van der Waals surface area contributed by atoms with Crippen LogP contribution in [0.5, 0.6) is 5.75 Å². The highest BCUT2D eigenvalue weighted by molar-refractivity contribution is 5.14. The molecule has 1 aromatic rings. The molecule has 0 bridgehead atoms. The van der Waals surface area contributed by atoms with Crippen LogP contribution in [0.25, 0.3) is 0 Å². The predicted octanol–water partition coefficient (Wildman–Crippen LogP) is 1.11. The molecule has 0 radical (unpaired) electrons. The predicted molar refractivity (Wildman–Crippen MR) is 40.1 cm³/mol. The van der Waals surface area contributed by atoms with E-state index in [1.54, 1.807) is 0 Å². The van der Waals surface area contributed by atoms with E-state index in [4.69, 9.17) is 5.11 Å². The minimum atomic E-state index is -0.287. The standard InChI is InChI=1S/C5H5NO2.C2H6/c7-4-1-2-6-5(8)3-4;1-2/h1-3H,(H2,6,7,8);1-2H3. The van der Waals surface area contributed by atoms with E-state index in [1.807, 2.05) is 13.8 Å². The van der Waals surface area contributed by atoms with Crippen LogP contribution in [-0.2, 0) is 0 Å². The Bertz CT molecular complexity index is 229. The quantitative estimate of drug-likeness (QED) is 0.568. The van der Waals surface area contributed by atoms with E-state index < -0.39 is 0 Å². The molecule has 0 amide bonds. The van der Waals surface area contributed by atoms with Crippen LogP contribution in [0.2, 0.25) is 0 Å². The van der Waals surface area contributed by atoms with Gasteiger partial charge in [-0.05, 0) is 6.07 Å². The summed E-state index contributed by atoms with van der Waals surface area (Å²) in [6.07, 6.45) is 1.39. The van der Waals surface area contributed by atoms with E-state index >= 15 is 0 Å². The maximum absolute atomic E-state index is 10.3. The molecule has 1 heterocycles. The summed E-state index contributed by atoms with van der Waals surface area (Å²) < 4.78 is 0. The molecule has 3 heteroatoms. The summed E-state index contributed by atoms with van der Waals surface area (Å²) in [6, 6.07) is 2.52. The Balaban J connectivity index is 0.000000371. The van der Waals surface area contributed by atoms with Crippen molar-refractivity contribution in [3.8, 4) is 5.75 Å². The summed E-state index contributed by atoms with van der Waals surface area (Å²) >= 11 is 0. The zero-order valence-electron chi connectivity index (χ0n) is 6.09. The first-order valence-corrected chi connectivity index (χ1v) is 3.17. The summed E-state index contributed by atoms with van der Waals surface area (Å²) in [5.41, 5.74) is -0.287. The molecule has 0 spiro atoms. The highest BCUT2D eigenvalue weighted by Gasteiger charge is 1.82. The van der Waals surface area contributed by atoms with Crippen molar-refractivity contribution < 1.29 is 5.11 Å². The third-order valence-electron chi connectivity index (χ3n) is 0.759. The van der Waals surface area contributed by atoms with Gasteiger partial charge >= 0.3 is 0 Å². The third kappa shape index (κ3) is 2.91. The lowest BCUT2D eigenvalue weighted by Crippen LogP contribution is -1.99. The van der Waals surface area contributed by atoms with Crippen molar-refractivity contribution >= 4 is 0 Å². The largest absolute Gasteiger partial charge is 0.508 e. The van der Waals surface area contributed by atoms with Crippen molar-refractivity contribution in [1.29, 1.82) is 0 Å². The van der Waals surface area contributed by atoms with Gasteiger partial charge in [-0.25, -0.2) is 0 Å². The van der Waals surface area contributed by atoms with Gasteiger partial charge in [0.1, 0.15) is 5.75 Å². The van der Waals surface area contributed by atoms with Gasteiger partial charge in [0.2, 0.25) is 0 Å². The molecule has 0 saturated heterocycles. The van der Waals surface area contributed by atoms with Crippen LogP contribution < -0.4 is 5.56 Å². The van der Waals surface area contributed by atoms with Gasteiger partial charge in [0.05, 0.1) is 0 Å². The normalized spacial score (nSPS) is 7.80. The second-order valence-electron chi connectivity index (χ2n) is 1.41. The Hall–Kier alpha value is -1.25. The summed E-state index contributed by atoms with van der Waals surface area (Å²) in [4.78, 5) is 12.6. The third-order valence-corrected chi connectivity index (χ3v) is 0.759.